The van der Waals surface area contributed by atoms with Crippen LogP contribution in [0, 0.1) is 5.82 Å². The van der Waals surface area contributed by atoms with Crippen LogP contribution in [0.2, 0.25) is 0 Å². The smallest absolute Gasteiger partial charge is 0.410 e. The van der Waals surface area contributed by atoms with Crippen molar-refractivity contribution in [1.82, 2.24) is 20.0 Å². The second-order valence-electron chi connectivity index (χ2n) is 4.26. The molecule has 0 unspecified atom stereocenters. The predicted octanol–water partition coefficient (Wildman–Crippen LogP) is 0.478. The molecule has 0 aliphatic rings. The molecule has 22 heavy (non-hydrogen) atoms. The average molecular weight is 330 g/mol. The average Bonchev–Trinajstić information content (AvgIpc) is 2.72. The molecule has 0 aromatic carbocycles. The molecule has 118 valence electrons. The molecule has 2 rings (SSSR count). The maximum absolute atomic E-state index is 13.9. The molecule has 0 aliphatic heterocycles. The minimum Gasteiger partial charge on any atom is -0.465 e. The minimum absolute atomic E-state index is 0.00298. The first-order valence-electron chi connectivity index (χ1n) is 5.70. The van der Waals surface area contributed by atoms with Crippen LogP contribution in [0.1, 0.15) is 0 Å². The van der Waals surface area contributed by atoms with Gasteiger partial charge in [-0.15, -0.1) is 5.10 Å². The molecule has 1 amide bonds. The zero-order valence-corrected chi connectivity index (χ0v) is 12.2. The topological polar surface area (TPSA) is 139 Å². The fourth-order valence-corrected chi connectivity index (χ4v) is 2.16. The maximum atomic E-state index is 13.9. The van der Waals surface area contributed by atoms with Crippen molar-refractivity contribution in [3.8, 4) is 11.4 Å². The zero-order chi connectivity index (χ0) is 16.5. The summed E-state index contributed by atoms with van der Waals surface area (Å²) in [5, 5.41) is 18.2. The van der Waals surface area contributed by atoms with Gasteiger partial charge < -0.3 is 5.11 Å². The van der Waals surface area contributed by atoms with Gasteiger partial charge in [-0.3, -0.25) is 15.0 Å². The molecule has 0 radical (unpaired) electrons. The van der Waals surface area contributed by atoms with E-state index in [2.05, 4.69) is 20.6 Å². The molecule has 3 N–H and O–H groups in total. The lowest BCUT2D eigenvalue weighted by molar-refractivity contribution is 0.209. The highest BCUT2D eigenvalue weighted by Gasteiger charge is 2.18. The molecule has 0 saturated carbocycles. The molecule has 0 fully saturated rings. The van der Waals surface area contributed by atoms with Gasteiger partial charge >= 0.3 is 6.09 Å². The van der Waals surface area contributed by atoms with Gasteiger partial charge in [-0.1, -0.05) is 5.21 Å². The number of anilines is 2. The van der Waals surface area contributed by atoms with Gasteiger partial charge in [0.2, 0.25) is 10.0 Å². The molecular formula is C10H11FN6O4S. The maximum Gasteiger partial charge on any atom is 0.410 e. The summed E-state index contributed by atoms with van der Waals surface area (Å²) < 4.78 is 39.2. The molecule has 0 aliphatic carbocycles. The Bertz CT molecular complexity index is 834. The van der Waals surface area contributed by atoms with Crippen molar-refractivity contribution in [2.24, 2.45) is 7.05 Å². The molecule has 2 aromatic heterocycles. The summed E-state index contributed by atoms with van der Waals surface area (Å²) in [5.74, 6) is -0.884. The van der Waals surface area contributed by atoms with Gasteiger partial charge in [0.1, 0.15) is 5.69 Å². The van der Waals surface area contributed by atoms with E-state index in [-0.39, 0.29) is 22.9 Å². The number of nitrogens with zero attached hydrogens (tertiary/aromatic N) is 4. The second-order valence-corrected chi connectivity index (χ2v) is 6.01. The van der Waals surface area contributed by atoms with Gasteiger partial charge in [0, 0.05) is 13.1 Å². The first kappa shape index (κ1) is 15.6. The summed E-state index contributed by atoms with van der Waals surface area (Å²) in [5.41, 5.74) is -0.328. The number of pyridine rings is 1. The monoisotopic (exact) mass is 330 g/mol. The van der Waals surface area contributed by atoms with E-state index in [1.165, 1.54) is 7.05 Å². The van der Waals surface area contributed by atoms with E-state index < -0.39 is 21.9 Å². The number of amides is 1. The van der Waals surface area contributed by atoms with Crippen molar-refractivity contribution >= 4 is 27.6 Å². The molecule has 2 aromatic rings. The summed E-state index contributed by atoms with van der Waals surface area (Å²) in [6, 6.07) is 0.921. The Morgan fingerprint density at radius 1 is 1.45 bits per heavy atom. The second kappa shape index (κ2) is 5.55. The fourth-order valence-electron chi connectivity index (χ4n) is 1.61. The lowest BCUT2D eigenvalue weighted by Gasteiger charge is -2.07. The van der Waals surface area contributed by atoms with E-state index >= 15 is 0 Å². The predicted molar refractivity (Wildman–Crippen MR) is 74.3 cm³/mol. The zero-order valence-electron chi connectivity index (χ0n) is 11.4. The van der Waals surface area contributed by atoms with E-state index in [1.54, 1.807) is 0 Å². The van der Waals surface area contributed by atoms with Gasteiger partial charge in [-0.05, 0) is 0 Å². The SMILES string of the molecule is Cn1nnc(-c2cc(F)c(NS(C)(=O)=O)cn2)c1NC(=O)O. The van der Waals surface area contributed by atoms with E-state index in [0.717, 1.165) is 23.2 Å². The van der Waals surface area contributed by atoms with Crippen molar-refractivity contribution in [1.29, 1.82) is 0 Å². The third-order valence-corrected chi connectivity index (χ3v) is 3.03. The fraction of sp³-hybridized carbons (Fsp3) is 0.200. The number of rotatable bonds is 4. The molecule has 0 bridgehead atoms. The lowest BCUT2D eigenvalue weighted by Crippen LogP contribution is -2.12. The number of aromatic nitrogens is 4. The summed E-state index contributed by atoms with van der Waals surface area (Å²) in [6.07, 6.45) is 0.491. The van der Waals surface area contributed by atoms with Gasteiger partial charge in [-0.2, -0.15) is 0 Å². The van der Waals surface area contributed by atoms with Crippen LogP contribution in [0.4, 0.5) is 20.7 Å². The number of nitrogens with one attached hydrogen (secondary N) is 2. The van der Waals surface area contributed by atoms with Crippen LogP contribution in [0.3, 0.4) is 0 Å². The third kappa shape index (κ3) is 3.46. The van der Waals surface area contributed by atoms with Crippen LogP contribution >= 0.6 is 0 Å². The molecule has 10 nitrogen and oxygen atoms in total. The number of sulfonamides is 1. The highest BCUT2D eigenvalue weighted by atomic mass is 32.2. The van der Waals surface area contributed by atoms with Gasteiger partial charge in [0.05, 0.1) is 18.1 Å². The van der Waals surface area contributed by atoms with E-state index in [9.17, 15) is 17.6 Å². The first-order valence-corrected chi connectivity index (χ1v) is 7.60. The van der Waals surface area contributed by atoms with Gasteiger partial charge in [-0.25, -0.2) is 22.3 Å². The van der Waals surface area contributed by atoms with Gasteiger partial charge in [0.25, 0.3) is 0 Å². The van der Waals surface area contributed by atoms with Crippen molar-refractivity contribution in [3.63, 3.8) is 0 Å². The molecular weight excluding hydrogens is 319 g/mol. The number of halogens is 1. The molecule has 0 saturated heterocycles. The van der Waals surface area contributed by atoms with Crippen molar-refractivity contribution in [2.45, 2.75) is 0 Å². The molecule has 2 heterocycles. The number of hydrogen-bond acceptors (Lipinski definition) is 6. The Labute approximate surface area is 124 Å². The largest absolute Gasteiger partial charge is 0.465 e. The van der Waals surface area contributed by atoms with Crippen LogP contribution in [0.5, 0.6) is 0 Å². The van der Waals surface area contributed by atoms with Crippen LogP contribution in [-0.2, 0) is 17.1 Å². The minimum atomic E-state index is -3.65. The standard InChI is InChI=1S/C10H11FN6O4S/c1-17-9(13-10(18)19)8(14-16-17)6-3-5(11)7(4-12-6)15-22(2,20)21/h3-4,13,15H,1-2H3,(H,18,19). The van der Waals surface area contributed by atoms with Crippen molar-refractivity contribution in [2.75, 3.05) is 16.3 Å². The summed E-state index contributed by atoms with van der Waals surface area (Å²) in [7, 11) is -2.21. The Hall–Kier alpha value is -2.76. The Morgan fingerprint density at radius 3 is 2.68 bits per heavy atom. The normalized spacial score (nSPS) is 11.2. The van der Waals surface area contributed by atoms with Crippen LogP contribution < -0.4 is 10.0 Å². The van der Waals surface area contributed by atoms with Crippen LogP contribution in [0.15, 0.2) is 12.3 Å². The van der Waals surface area contributed by atoms with E-state index in [1.807, 2.05) is 4.72 Å². The molecule has 12 heteroatoms. The summed E-state index contributed by atoms with van der Waals surface area (Å²) >= 11 is 0. The Kier molecular flexibility index (Phi) is 3.95. The quantitative estimate of drug-likeness (QED) is 0.740. The number of hydrogen-bond donors (Lipinski definition) is 3. The lowest BCUT2D eigenvalue weighted by atomic mass is 10.2. The highest BCUT2D eigenvalue weighted by Crippen LogP contribution is 2.26. The van der Waals surface area contributed by atoms with Crippen molar-refractivity contribution in [3.05, 3.63) is 18.1 Å². The summed E-state index contributed by atoms with van der Waals surface area (Å²) in [6.45, 7) is 0. The first-order chi connectivity index (χ1) is 10.2. The number of carbonyl (C=O) groups is 1. The van der Waals surface area contributed by atoms with Crippen molar-refractivity contribution < 1.29 is 22.7 Å². The van der Waals surface area contributed by atoms with E-state index in [0.29, 0.717) is 0 Å². The highest BCUT2D eigenvalue weighted by molar-refractivity contribution is 7.92. The van der Waals surface area contributed by atoms with Crippen LogP contribution in [0.25, 0.3) is 11.4 Å². The Morgan fingerprint density at radius 2 is 2.14 bits per heavy atom. The number of aryl methyl sites for hydroxylation is 1. The van der Waals surface area contributed by atoms with Crippen LogP contribution in [-0.4, -0.2) is 45.9 Å². The molecule has 0 atom stereocenters. The van der Waals surface area contributed by atoms with Gasteiger partial charge in [0.15, 0.2) is 17.3 Å². The van der Waals surface area contributed by atoms with E-state index in [4.69, 9.17) is 5.11 Å². The summed E-state index contributed by atoms with van der Waals surface area (Å²) in [4.78, 5) is 14.6. The molecule has 0 spiro atoms. The third-order valence-electron chi connectivity index (χ3n) is 2.44. The Balaban J connectivity index is 2.43. The number of carboxylic acid groups (broad SMARTS) is 1.